The van der Waals surface area contributed by atoms with Gasteiger partial charge in [0.1, 0.15) is 11.9 Å². The summed E-state index contributed by atoms with van der Waals surface area (Å²) in [7, 11) is 5.18. The van der Waals surface area contributed by atoms with Crippen LogP contribution in [0.15, 0.2) is 23.2 Å². The summed E-state index contributed by atoms with van der Waals surface area (Å²) in [4.78, 5) is 9.25. The quantitative estimate of drug-likeness (QED) is 0.288. The van der Waals surface area contributed by atoms with Crippen molar-refractivity contribution >= 4 is 35.6 Å². The summed E-state index contributed by atoms with van der Waals surface area (Å²) >= 11 is 0. The van der Waals surface area contributed by atoms with Gasteiger partial charge in [0.2, 0.25) is 0 Å². The van der Waals surface area contributed by atoms with Crippen molar-refractivity contribution in [2.24, 2.45) is 4.99 Å². The lowest BCUT2D eigenvalue weighted by Crippen LogP contribution is -2.56. The predicted octanol–water partition coefficient (Wildman–Crippen LogP) is 3.15. The van der Waals surface area contributed by atoms with E-state index in [1.807, 2.05) is 11.0 Å². The minimum Gasteiger partial charge on any atom is -0.375 e. The maximum atomic E-state index is 14.1. The number of benzene rings is 1. The van der Waals surface area contributed by atoms with Gasteiger partial charge in [-0.3, -0.25) is 9.89 Å². The molecule has 28 heavy (non-hydrogen) atoms. The van der Waals surface area contributed by atoms with Crippen LogP contribution in [-0.2, 0) is 6.54 Å². The molecule has 0 spiro atoms. The monoisotopic (exact) mass is 517 g/mol. The summed E-state index contributed by atoms with van der Waals surface area (Å²) in [5, 5.41) is 3.16. The van der Waals surface area contributed by atoms with Gasteiger partial charge >= 0.3 is 6.18 Å². The van der Waals surface area contributed by atoms with Crippen LogP contribution in [0.25, 0.3) is 0 Å². The zero-order valence-electron chi connectivity index (χ0n) is 16.6. The Morgan fingerprint density at radius 1 is 1.21 bits per heavy atom. The van der Waals surface area contributed by atoms with Crippen LogP contribution in [0, 0.1) is 5.82 Å². The number of hydrogen-bond acceptors (Lipinski definition) is 3. The van der Waals surface area contributed by atoms with Crippen molar-refractivity contribution < 1.29 is 17.6 Å². The van der Waals surface area contributed by atoms with Crippen molar-refractivity contribution in [2.45, 2.75) is 25.7 Å². The van der Waals surface area contributed by atoms with Gasteiger partial charge in [-0.15, -0.1) is 24.0 Å². The molecule has 0 aromatic heterocycles. The summed E-state index contributed by atoms with van der Waals surface area (Å²) in [6, 6.07) is 3.57. The number of aliphatic imine (C=N–C) groups is 1. The molecule has 0 saturated carbocycles. The Bertz CT molecular complexity index is 658. The summed E-state index contributed by atoms with van der Waals surface area (Å²) in [5.41, 5.74) is 1.28. The first-order chi connectivity index (χ1) is 12.6. The Kier molecular flexibility index (Phi) is 9.25. The molecule has 1 heterocycles. The molecule has 160 valence electrons. The second kappa shape index (κ2) is 10.5. The molecular weight excluding hydrogens is 489 g/mol. The average molecular weight is 517 g/mol. The van der Waals surface area contributed by atoms with Crippen molar-refractivity contribution in [3.05, 3.63) is 29.6 Å². The van der Waals surface area contributed by atoms with Gasteiger partial charge in [0.05, 0.1) is 5.69 Å². The van der Waals surface area contributed by atoms with E-state index in [1.165, 1.54) is 17.9 Å². The maximum absolute atomic E-state index is 14.1. The third kappa shape index (κ3) is 6.36. The van der Waals surface area contributed by atoms with Crippen molar-refractivity contribution in [2.75, 3.05) is 52.2 Å². The van der Waals surface area contributed by atoms with Gasteiger partial charge in [0, 0.05) is 53.9 Å². The second-order valence-corrected chi connectivity index (χ2v) is 6.82. The summed E-state index contributed by atoms with van der Waals surface area (Å²) in [6.07, 6.45) is -4.22. The lowest BCUT2D eigenvalue weighted by atomic mass is 10.2. The van der Waals surface area contributed by atoms with E-state index in [1.54, 1.807) is 32.1 Å². The van der Waals surface area contributed by atoms with Crippen molar-refractivity contribution in [1.82, 2.24) is 15.1 Å². The molecule has 0 amide bonds. The number of anilines is 1. The molecule has 1 saturated heterocycles. The zero-order chi connectivity index (χ0) is 20.2. The molecular formula is C18H28F4IN5. The molecule has 0 radical (unpaired) electrons. The third-order valence-electron chi connectivity index (χ3n) is 4.79. The van der Waals surface area contributed by atoms with Gasteiger partial charge in [-0.1, -0.05) is 6.07 Å². The number of alkyl halides is 3. The molecule has 1 N–H and O–H groups in total. The average Bonchev–Trinajstić information content (AvgIpc) is 2.61. The maximum Gasteiger partial charge on any atom is 0.403 e. The number of nitrogens with zero attached hydrogens (tertiary/aromatic N) is 4. The molecule has 10 heteroatoms. The molecule has 1 fully saturated rings. The molecule has 1 aliphatic heterocycles. The lowest BCUT2D eigenvalue weighted by Gasteiger charge is -2.39. The fraction of sp³-hybridized carbons (Fsp3) is 0.611. The Labute approximate surface area is 180 Å². The van der Waals surface area contributed by atoms with E-state index < -0.39 is 12.2 Å². The lowest BCUT2D eigenvalue weighted by molar-refractivity contribution is -0.181. The van der Waals surface area contributed by atoms with Gasteiger partial charge in [0.25, 0.3) is 0 Å². The van der Waals surface area contributed by atoms with Crippen molar-refractivity contribution in [1.29, 1.82) is 0 Å². The Morgan fingerprint density at radius 2 is 1.82 bits per heavy atom. The molecule has 0 bridgehead atoms. The SMILES string of the molecule is CN=C(NCc1ccc(N(C)C)c(F)c1)N1CCN(C(C)C(F)(F)F)CC1.I. The number of piperazine rings is 1. The Balaban J connectivity index is 0.00000392. The van der Waals surface area contributed by atoms with Gasteiger partial charge in [-0.25, -0.2) is 4.39 Å². The number of hydrogen-bond donors (Lipinski definition) is 1. The van der Waals surface area contributed by atoms with Crippen molar-refractivity contribution in [3.63, 3.8) is 0 Å². The van der Waals surface area contributed by atoms with E-state index in [0.29, 0.717) is 44.4 Å². The number of nitrogens with one attached hydrogen (secondary N) is 1. The van der Waals surface area contributed by atoms with Crippen molar-refractivity contribution in [3.8, 4) is 0 Å². The summed E-state index contributed by atoms with van der Waals surface area (Å²) in [6.45, 7) is 3.11. The second-order valence-electron chi connectivity index (χ2n) is 6.82. The highest BCUT2D eigenvalue weighted by molar-refractivity contribution is 14.0. The first-order valence-corrected chi connectivity index (χ1v) is 8.85. The minimum absolute atomic E-state index is 0. The summed E-state index contributed by atoms with van der Waals surface area (Å²) < 4.78 is 52.6. The summed E-state index contributed by atoms with van der Waals surface area (Å²) in [5.74, 6) is 0.301. The molecule has 2 rings (SSSR count). The van der Waals surface area contributed by atoms with Crippen LogP contribution in [0.2, 0.25) is 0 Å². The third-order valence-corrected chi connectivity index (χ3v) is 4.79. The molecule has 0 aliphatic carbocycles. The zero-order valence-corrected chi connectivity index (χ0v) is 18.9. The molecule has 1 aromatic rings. The highest BCUT2D eigenvalue weighted by Gasteiger charge is 2.41. The van der Waals surface area contributed by atoms with Crippen LogP contribution in [0.1, 0.15) is 12.5 Å². The standard InChI is InChI=1S/C18H27F4N5.HI/c1-13(18(20,21)22)26-7-9-27(10-8-26)17(23-2)24-12-14-5-6-16(25(3)4)15(19)11-14;/h5-6,11,13H,7-10,12H2,1-4H3,(H,23,24);1H. The fourth-order valence-electron chi connectivity index (χ4n) is 3.06. The largest absolute Gasteiger partial charge is 0.403 e. The van der Waals surface area contributed by atoms with Crippen LogP contribution in [0.5, 0.6) is 0 Å². The van der Waals surface area contributed by atoms with Crippen LogP contribution in [-0.4, -0.2) is 75.3 Å². The van der Waals surface area contributed by atoms with Gasteiger partial charge in [0.15, 0.2) is 5.96 Å². The van der Waals surface area contributed by atoms with Gasteiger partial charge in [-0.2, -0.15) is 13.2 Å². The normalized spacial score (nSPS) is 17.1. The topological polar surface area (TPSA) is 34.1 Å². The predicted molar refractivity (Wildman–Crippen MR) is 115 cm³/mol. The highest BCUT2D eigenvalue weighted by Crippen LogP contribution is 2.25. The Hall–Kier alpha value is -1.30. The smallest absolute Gasteiger partial charge is 0.375 e. The van der Waals surface area contributed by atoms with Crippen LogP contribution in [0.3, 0.4) is 0 Å². The van der Waals surface area contributed by atoms with E-state index in [4.69, 9.17) is 0 Å². The number of rotatable bonds is 4. The number of guanidine groups is 1. The fourth-order valence-corrected chi connectivity index (χ4v) is 3.06. The molecule has 1 unspecified atom stereocenters. The van der Waals surface area contributed by atoms with Crippen LogP contribution < -0.4 is 10.2 Å². The van der Waals surface area contributed by atoms with Crippen LogP contribution in [0.4, 0.5) is 23.2 Å². The van der Waals surface area contributed by atoms with E-state index in [2.05, 4.69) is 10.3 Å². The number of halogens is 5. The van der Waals surface area contributed by atoms with Crippen LogP contribution >= 0.6 is 24.0 Å². The first-order valence-electron chi connectivity index (χ1n) is 8.85. The van der Waals surface area contributed by atoms with E-state index >= 15 is 0 Å². The molecule has 1 aliphatic rings. The minimum atomic E-state index is -4.22. The van der Waals surface area contributed by atoms with E-state index in [9.17, 15) is 17.6 Å². The van der Waals surface area contributed by atoms with Gasteiger partial charge < -0.3 is 15.1 Å². The first kappa shape index (κ1) is 24.7. The highest BCUT2D eigenvalue weighted by atomic mass is 127. The van der Waals surface area contributed by atoms with E-state index in [0.717, 1.165) is 5.56 Å². The van der Waals surface area contributed by atoms with E-state index in [-0.39, 0.29) is 29.8 Å². The molecule has 5 nitrogen and oxygen atoms in total. The molecule has 1 aromatic carbocycles. The molecule has 1 atom stereocenters. The van der Waals surface area contributed by atoms with Gasteiger partial charge in [-0.05, 0) is 24.6 Å². The Morgan fingerprint density at radius 3 is 2.29 bits per heavy atom.